The Kier molecular flexibility index (Phi) is 10.8. The number of rotatable bonds is 1. The maximum atomic E-state index is 13.2. The van der Waals surface area contributed by atoms with Crippen LogP contribution in [0.15, 0.2) is 46.2 Å². The Morgan fingerprint density at radius 3 is 2.32 bits per heavy atom. The minimum Gasteiger partial charge on any atom is -0.441 e. The van der Waals surface area contributed by atoms with Crippen molar-refractivity contribution in [3.63, 3.8) is 0 Å². The first kappa shape index (κ1) is 31.2. The normalized spacial score (nSPS) is 35.4. The predicted octanol–water partition coefficient (Wildman–Crippen LogP) is 3.26. The zero-order valence-electron chi connectivity index (χ0n) is 23.4. The summed E-state index contributed by atoms with van der Waals surface area (Å²) in [5, 5.41) is 24.5. The molecular weight excluding hydrogens is 488 g/mol. The number of nitrogens with two attached hydrogens (primary N) is 1. The molecule has 0 radical (unpaired) electrons. The van der Waals surface area contributed by atoms with Crippen molar-refractivity contribution < 1.29 is 34.1 Å². The Hall–Kier alpha value is -3.04. The molecule has 0 saturated carbocycles. The summed E-state index contributed by atoms with van der Waals surface area (Å²) in [6.07, 6.45) is 1.92. The van der Waals surface area contributed by atoms with Crippen molar-refractivity contribution in [2.45, 2.75) is 86.0 Å². The van der Waals surface area contributed by atoms with Gasteiger partial charge in [-0.05, 0) is 57.4 Å². The molecular formula is C29H42N2O7. The molecule has 0 aromatic rings. The van der Waals surface area contributed by atoms with Crippen molar-refractivity contribution >= 4 is 23.6 Å². The molecule has 1 aliphatic heterocycles. The third-order valence-corrected chi connectivity index (χ3v) is 7.64. The maximum absolute atomic E-state index is 13.2. The molecule has 2 bridgehead atoms. The van der Waals surface area contributed by atoms with Crippen LogP contribution < -0.4 is 11.1 Å². The van der Waals surface area contributed by atoms with Gasteiger partial charge in [-0.3, -0.25) is 14.4 Å². The van der Waals surface area contributed by atoms with Crippen LogP contribution in [0.2, 0.25) is 0 Å². The van der Waals surface area contributed by atoms with Crippen LogP contribution in [-0.2, 0) is 19.1 Å². The summed E-state index contributed by atoms with van der Waals surface area (Å²) in [6.45, 7) is 12.4. The second-order valence-electron chi connectivity index (χ2n) is 11.0. The van der Waals surface area contributed by atoms with Crippen molar-refractivity contribution in [3.8, 4) is 0 Å². The fraction of sp³-hybridized carbons (Fsp3) is 0.586. The number of ether oxygens (including phenoxy) is 1. The molecule has 0 saturated heterocycles. The van der Waals surface area contributed by atoms with Gasteiger partial charge in [-0.15, -0.1) is 0 Å². The van der Waals surface area contributed by atoms with Crippen molar-refractivity contribution in [2.75, 3.05) is 0 Å². The Balaban J connectivity index is 2.50. The summed E-state index contributed by atoms with van der Waals surface area (Å²) in [5.41, 5.74) is 6.84. The molecule has 1 heterocycles. The number of carbonyl (C=O) groups is 4. The molecule has 2 aliphatic rings. The molecule has 38 heavy (non-hydrogen) atoms. The van der Waals surface area contributed by atoms with E-state index in [9.17, 15) is 29.4 Å². The molecule has 2 rings (SSSR count). The summed E-state index contributed by atoms with van der Waals surface area (Å²) < 4.78 is 5.35. The van der Waals surface area contributed by atoms with E-state index in [1.54, 1.807) is 27.7 Å². The van der Waals surface area contributed by atoms with Crippen LogP contribution in [0.5, 0.6) is 0 Å². The second-order valence-corrected chi connectivity index (χ2v) is 11.0. The van der Waals surface area contributed by atoms with Gasteiger partial charge in [0, 0.05) is 34.6 Å². The average Bonchev–Trinajstić information content (AvgIpc) is 2.84. The first-order valence-corrected chi connectivity index (χ1v) is 13.1. The van der Waals surface area contributed by atoms with Crippen molar-refractivity contribution in [1.29, 1.82) is 0 Å². The van der Waals surface area contributed by atoms with E-state index in [2.05, 4.69) is 5.32 Å². The molecule has 7 atom stereocenters. The van der Waals surface area contributed by atoms with Crippen LogP contribution in [0.25, 0.3) is 0 Å². The highest BCUT2D eigenvalue weighted by Gasteiger charge is 2.32. The molecule has 7 unspecified atom stereocenters. The largest absolute Gasteiger partial charge is 0.441 e. The number of hydrogen-bond donors (Lipinski definition) is 4. The maximum Gasteiger partial charge on any atom is 0.405 e. The molecule has 1 aliphatic carbocycles. The van der Waals surface area contributed by atoms with Crippen molar-refractivity contribution in [3.05, 3.63) is 46.2 Å². The monoisotopic (exact) mass is 530 g/mol. The van der Waals surface area contributed by atoms with E-state index in [0.717, 1.165) is 6.08 Å². The Morgan fingerprint density at radius 1 is 1.08 bits per heavy atom. The highest BCUT2D eigenvalue weighted by atomic mass is 16.6. The minimum absolute atomic E-state index is 0.0292. The number of amides is 2. The molecule has 0 spiro atoms. The molecule has 0 aromatic carbocycles. The Morgan fingerprint density at radius 2 is 1.71 bits per heavy atom. The van der Waals surface area contributed by atoms with E-state index < -0.39 is 42.0 Å². The summed E-state index contributed by atoms with van der Waals surface area (Å²) in [4.78, 5) is 50.3. The number of carbonyl (C=O) groups excluding carboxylic acids is 4. The first-order chi connectivity index (χ1) is 17.6. The van der Waals surface area contributed by atoms with E-state index in [0.29, 0.717) is 29.6 Å². The third kappa shape index (κ3) is 7.74. The summed E-state index contributed by atoms with van der Waals surface area (Å²) in [6, 6.07) is 0. The second kappa shape index (κ2) is 13.2. The lowest BCUT2D eigenvalue weighted by atomic mass is 9.81. The van der Waals surface area contributed by atoms with Gasteiger partial charge < -0.3 is 26.0 Å². The highest BCUT2D eigenvalue weighted by molar-refractivity contribution is 6.23. The zero-order valence-corrected chi connectivity index (χ0v) is 23.4. The van der Waals surface area contributed by atoms with E-state index in [4.69, 9.17) is 10.5 Å². The number of aliphatic hydroxyl groups excluding tert-OH is 2. The standard InChI is InChI=1S/C29H42N2O7/c1-14-10-16(3)25(34)17(4)12-18(5)27(38-29(30)37)20(7)23(32)9-8-15(2)28(36)31-22-13-24(33)19(6)21(11-14)26(22)35/h8,12-14,16-17,20,23,25,27,32,34H,9-11H2,1-7H3,(H2,30,37)(H,31,36)/b15-8-,18-12-. The number of hydrogen-bond acceptors (Lipinski definition) is 7. The van der Waals surface area contributed by atoms with Gasteiger partial charge in [0.25, 0.3) is 5.91 Å². The lowest BCUT2D eigenvalue weighted by molar-refractivity contribution is -0.120. The lowest BCUT2D eigenvalue weighted by Gasteiger charge is -2.30. The van der Waals surface area contributed by atoms with E-state index in [1.165, 1.54) is 6.08 Å². The number of primary amides is 1. The van der Waals surface area contributed by atoms with Gasteiger partial charge >= 0.3 is 6.09 Å². The van der Waals surface area contributed by atoms with Gasteiger partial charge in [-0.1, -0.05) is 39.8 Å². The van der Waals surface area contributed by atoms with Gasteiger partial charge in [0.1, 0.15) is 6.10 Å². The third-order valence-electron chi connectivity index (χ3n) is 7.64. The molecule has 2 amide bonds. The smallest absolute Gasteiger partial charge is 0.405 e. The highest BCUT2D eigenvalue weighted by Crippen LogP contribution is 2.31. The topological polar surface area (TPSA) is 156 Å². The van der Waals surface area contributed by atoms with E-state index in [1.807, 2.05) is 26.8 Å². The van der Waals surface area contributed by atoms with Crippen LogP contribution >= 0.6 is 0 Å². The summed E-state index contributed by atoms with van der Waals surface area (Å²) >= 11 is 0. The number of ketones is 2. The van der Waals surface area contributed by atoms with Gasteiger partial charge in [0.2, 0.25) is 5.78 Å². The number of Topliss-reactive ketones (excluding diaryl/α,β-unsaturated/α-hetero) is 1. The SMILES string of the molecule is CC1=C2CC(C)CC(C)C(O)C(C)/C=C(/C)C(OC(N)=O)C(C)C(O)C/C=C(/C)C(=O)NC(=CC1=O)C2=O. The van der Waals surface area contributed by atoms with Gasteiger partial charge in [-0.25, -0.2) is 4.79 Å². The Bertz CT molecular complexity index is 1080. The predicted molar refractivity (Wildman–Crippen MR) is 143 cm³/mol. The van der Waals surface area contributed by atoms with E-state index in [-0.39, 0.29) is 41.2 Å². The van der Waals surface area contributed by atoms with Crippen molar-refractivity contribution in [2.24, 2.45) is 29.4 Å². The van der Waals surface area contributed by atoms with Gasteiger partial charge in [-0.2, -0.15) is 0 Å². The zero-order chi connectivity index (χ0) is 28.9. The number of allylic oxidation sites excluding steroid dienone is 3. The van der Waals surface area contributed by atoms with E-state index >= 15 is 0 Å². The quantitative estimate of drug-likeness (QED) is 0.299. The molecule has 0 fully saturated rings. The summed E-state index contributed by atoms with van der Waals surface area (Å²) in [7, 11) is 0. The number of aliphatic hydroxyl groups is 2. The fourth-order valence-corrected chi connectivity index (χ4v) is 5.22. The molecule has 5 N–H and O–H groups in total. The van der Waals surface area contributed by atoms with Gasteiger partial charge in [0.15, 0.2) is 5.78 Å². The van der Waals surface area contributed by atoms with Crippen LogP contribution in [0, 0.1) is 23.7 Å². The average molecular weight is 531 g/mol. The first-order valence-electron chi connectivity index (χ1n) is 13.1. The van der Waals surface area contributed by atoms with Crippen LogP contribution in [0.3, 0.4) is 0 Å². The molecule has 210 valence electrons. The van der Waals surface area contributed by atoms with Gasteiger partial charge in [0.05, 0.1) is 17.9 Å². The van der Waals surface area contributed by atoms with Crippen LogP contribution in [0.4, 0.5) is 4.79 Å². The summed E-state index contributed by atoms with van der Waals surface area (Å²) in [5.74, 6) is -2.35. The lowest BCUT2D eigenvalue weighted by Crippen LogP contribution is -2.36. The molecule has 9 nitrogen and oxygen atoms in total. The number of fused-ring (bicyclic) bond motifs is 2. The van der Waals surface area contributed by atoms with Crippen molar-refractivity contribution in [1.82, 2.24) is 5.32 Å². The minimum atomic E-state index is -0.998. The fourth-order valence-electron chi connectivity index (χ4n) is 5.22. The Labute approximate surface area is 224 Å². The molecule has 9 heteroatoms. The molecule has 0 aromatic heterocycles. The van der Waals surface area contributed by atoms with Crippen LogP contribution in [-0.4, -0.2) is 52.1 Å². The number of nitrogens with one attached hydrogen (secondary N) is 1. The van der Waals surface area contributed by atoms with Crippen LogP contribution in [0.1, 0.15) is 67.7 Å².